The van der Waals surface area contributed by atoms with Gasteiger partial charge in [-0.25, -0.2) is 10.9 Å². The molecule has 0 saturated heterocycles. The third-order valence-corrected chi connectivity index (χ3v) is 6.09. The maximum Gasteiger partial charge on any atom is 0.240 e. The van der Waals surface area contributed by atoms with Crippen molar-refractivity contribution < 1.29 is 9.59 Å². The van der Waals surface area contributed by atoms with E-state index < -0.39 is 0 Å². The summed E-state index contributed by atoms with van der Waals surface area (Å²) in [5, 5.41) is 8.31. The number of hydrogen-bond acceptors (Lipinski definition) is 4. The highest BCUT2D eigenvalue weighted by molar-refractivity contribution is 5.88. The van der Waals surface area contributed by atoms with Gasteiger partial charge in [-0.3, -0.25) is 9.59 Å². The number of carbonyl (C=O) groups is 2. The summed E-state index contributed by atoms with van der Waals surface area (Å²) in [6, 6.07) is 20.2. The summed E-state index contributed by atoms with van der Waals surface area (Å²) < 4.78 is 0. The Kier molecular flexibility index (Phi) is 16.3. The van der Waals surface area contributed by atoms with Gasteiger partial charge in [0, 0.05) is 12.8 Å². The molecule has 0 fully saturated rings. The van der Waals surface area contributed by atoms with Crippen LogP contribution in [-0.2, 0) is 9.59 Å². The molecule has 0 saturated carbocycles. The lowest BCUT2D eigenvalue weighted by molar-refractivity contribution is -0.122. The second kappa shape index (κ2) is 20.2. The van der Waals surface area contributed by atoms with Crippen LogP contribution in [0.3, 0.4) is 0 Å². The lowest BCUT2D eigenvalue weighted by atomic mass is 10.1. The molecule has 0 spiro atoms. The van der Waals surface area contributed by atoms with Crippen LogP contribution in [0.4, 0.5) is 0 Å². The van der Waals surface area contributed by atoms with E-state index in [1.165, 1.54) is 0 Å². The van der Waals surface area contributed by atoms with Crippen LogP contribution in [0.1, 0.15) is 95.6 Å². The molecule has 2 aromatic carbocycles. The second-order valence-electron chi connectivity index (χ2n) is 9.61. The predicted molar refractivity (Wildman–Crippen MR) is 164 cm³/mol. The smallest absolute Gasteiger partial charge is 0.240 e. The van der Waals surface area contributed by atoms with Crippen molar-refractivity contribution in [1.82, 2.24) is 10.9 Å². The number of nitrogens with zero attached hydrogens (tertiary/aromatic N) is 2. The fraction of sp³-hybridized carbons (Fsp3) is 0.394. The summed E-state index contributed by atoms with van der Waals surface area (Å²) in [6.45, 7) is 4.35. The molecule has 0 aliphatic carbocycles. The zero-order valence-electron chi connectivity index (χ0n) is 23.6. The number of carbonyl (C=O) groups excluding carboxylic acids is 2. The van der Waals surface area contributed by atoms with Crippen molar-refractivity contribution in [3.05, 3.63) is 82.9 Å². The number of hydrogen-bond donors (Lipinski definition) is 2. The van der Waals surface area contributed by atoms with Gasteiger partial charge < -0.3 is 0 Å². The molecule has 0 bridgehead atoms. The van der Waals surface area contributed by atoms with Crippen molar-refractivity contribution in [3.63, 3.8) is 0 Å². The standard InChI is InChI=1S/C33H44N4O2/c1-3-5-9-20-30(24-28-16-11-7-12-17-28)26-34-36-32(38)22-15-23-33(39)37-35-27-31(21-10-6-4-2)25-29-18-13-8-14-19-29/h7-8,11-14,16-19,24-27H,3-6,9-10,15,20-23H2,1-2H3,(H,36,38)(H,37,39)/b30-24-,31-25+,34-26+,35-27-. The van der Waals surface area contributed by atoms with E-state index in [0.717, 1.165) is 73.6 Å². The first-order chi connectivity index (χ1) is 19.1. The van der Waals surface area contributed by atoms with Crippen molar-refractivity contribution >= 4 is 36.4 Å². The first kappa shape index (κ1) is 31.4. The Bertz CT molecular complexity index is 1000. The molecule has 0 atom stereocenters. The minimum Gasteiger partial charge on any atom is -0.273 e. The summed E-state index contributed by atoms with van der Waals surface area (Å²) in [7, 11) is 0. The highest BCUT2D eigenvalue weighted by atomic mass is 16.2. The van der Waals surface area contributed by atoms with Gasteiger partial charge in [-0.2, -0.15) is 10.2 Å². The van der Waals surface area contributed by atoms with Gasteiger partial charge >= 0.3 is 0 Å². The summed E-state index contributed by atoms with van der Waals surface area (Å²) >= 11 is 0. The highest BCUT2D eigenvalue weighted by Crippen LogP contribution is 2.13. The molecule has 2 rings (SSSR count). The van der Waals surface area contributed by atoms with Gasteiger partial charge in [0.1, 0.15) is 0 Å². The van der Waals surface area contributed by atoms with Crippen molar-refractivity contribution in [2.24, 2.45) is 10.2 Å². The zero-order chi connectivity index (χ0) is 28.0. The van der Waals surface area contributed by atoms with Gasteiger partial charge in [-0.05, 0) is 54.4 Å². The number of nitrogens with one attached hydrogen (secondary N) is 2. The molecule has 208 valence electrons. The quantitative estimate of drug-likeness (QED) is 0.118. The molecule has 0 aliphatic heterocycles. The number of hydrazone groups is 2. The Morgan fingerprint density at radius 2 is 1.00 bits per heavy atom. The Morgan fingerprint density at radius 3 is 1.38 bits per heavy atom. The molecule has 0 radical (unpaired) electrons. The molecular formula is C33H44N4O2. The summed E-state index contributed by atoms with van der Waals surface area (Å²) in [5.41, 5.74) is 9.54. The van der Waals surface area contributed by atoms with Crippen LogP contribution in [0.15, 0.2) is 82.0 Å². The van der Waals surface area contributed by atoms with E-state index in [4.69, 9.17) is 0 Å². The predicted octanol–water partition coefficient (Wildman–Crippen LogP) is 7.69. The van der Waals surface area contributed by atoms with Gasteiger partial charge in [-0.15, -0.1) is 0 Å². The molecular weight excluding hydrogens is 484 g/mol. The summed E-state index contributed by atoms with van der Waals surface area (Å²) in [6.07, 6.45) is 17.1. The van der Waals surface area contributed by atoms with E-state index in [2.05, 4.69) is 47.1 Å². The molecule has 6 nitrogen and oxygen atoms in total. The van der Waals surface area contributed by atoms with Gasteiger partial charge in [0.2, 0.25) is 11.8 Å². The van der Waals surface area contributed by atoms with Crippen LogP contribution in [0.25, 0.3) is 12.2 Å². The average molecular weight is 529 g/mol. The van der Waals surface area contributed by atoms with Crippen LogP contribution in [0.2, 0.25) is 0 Å². The zero-order valence-corrected chi connectivity index (χ0v) is 23.6. The van der Waals surface area contributed by atoms with Crippen molar-refractivity contribution in [3.8, 4) is 0 Å². The Balaban J connectivity index is 1.77. The lowest BCUT2D eigenvalue weighted by Gasteiger charge is -2.04. The molecule has 39 heavy (non-hydrogen) atoms. The number of benzene rings is 2. The average Bonchev–Trinajstić information content (AvgIpc) is 2.94. The second-order valence-corrected chi connectivity index (χ2v) is 9.61. The largest absolute Gasteiger partial charge is 0.273 e. The molecule has 0 unspecified atom stereocenters. The fourth-order valence-electron chi connectivity index (χ4n) is 3.93. The molecule has 6 heteroatoms. The Labute approximate surface area is 234 Å². The first-order valence-electron chi connectivity index (χ1n) is 14.3. The van der Waals surface area contributed by atoms with E-state index in [0.29, 0.717) is 6.42 Å². The maximum atomic E-state index is 12.2. The highest BCUT2D eigenvalue weighted by Gasteiger charge is 2.05. The van der Waals surface area contributed by atoms with Gasteiger partial charge in [0.05, 0.1) is 12.4 Å². The maximum absolute atomic E-state index is 12.2. The van der Waals surface area contributed by atoms with Gasteiger partial charge in [-0.1, -0.05) is 112 Å². The SMILES string of the molecule is CCCCCC(=C/c1ccccc1)/C=N/NC(=O)CCCC(=O)N/N=C\C(=C\c1ccccc1)CCCCC. The Morgan fingerprint density at radius 1 is 0.590 bits per heavy atom. The molecule has 0 aromatic heterocycles. The normalized spacial score (nSPS) is 12.3. The number of allylic oxidation sites excluding steroid dienone is 2. The first-order valence-corrected chi connectivity index (χ1v) is 14.3. The minimum absolute atomic E-state index is 0.209. The monoisotopic (exact) mass is 528 g/mol. The summed E-state index contributed by atoms with van der Waals surface area (Å²) in [5.74, 6) is -0.418. The van der Waals surface area contributed by atoms with E-state index in [9.17, 15) is 9.59 Å². The van der Waals surface area contributed by atoms with Crippen LogP contribution < -0.4 is 10.9 Å². The third kappa shape index (κ3) is 15.3. The van der Waals surface area contributed by atoms with E-state index in [-0.39, 0.29) is 24.7 Å². The van der Waals surface area contributed by atoms with Crippen LogP contribution in [0, 0.1) is 0 Å². The minimum atomic E-state index is -0.209. The van der Waals surface area contributed by atoms with E-state index in [1.807, 2.05) is 60.7 Å². The summed E-state index contributed by atoms with van der Waals surface area (Å²) in [4.78, 5) is 24.4. The fourth-order valence-corrected chi connectivity index (χ4v) is 3.93. The van der Waals surface area contributed by atoms with Crippen molar-refractivity contribution in [2.45, 2.75) is 84.5 Å². The number of rotatable bonds is 18. The topological polar surface area (TPSA) is 82.9 Å². The molecule has 0 heterocycles. The van der Waals surface area contributed by atoms with Crippen molar-refractivity contribution in [2.75, 3.05) is 0 Å². The van der Waals surface area contributed by atoms with E-state index in [1.54, 1.807) is 12.4 Å². The van der Waals surface area contributed by atoms with Crippen molar-refractivity contribution in [1.29, 1.82) is 0 Å². The van der Waals surface area contributed by atoms with E-state index >= 15 is 0 Å². The number of amides is 2. The lowest BCUT2D eigenvalue weighted by Crippen LogP contribution is -2.20. The molecule has 0 aliphatic rings. The third-order valence-electron chi connectivity index (χ3n) is 6.09. The van der Waals surface area contributed by atoms with Crippen LogP contribution in [-0.4, -0.2) is 24.2 Å². The van der Waals surface area contributed by atoms with Crippen LogP contribution >= 0.6 is 0 Å². The Hall–Kier alpha value is -3.80. The van der Waals surface area contributed by atoms with Gasteiger partial charge in [0.15, 0.2) is 0 Å². The molecule has 2 N–H and O–H groups in total. The molecule has 2 amide bonds. The number of unbranched alkanes of at least 4 members (excludes halogenated alkanes) is 4. The molecule has 2 aromatic rings. The van der Waals surface area contributed by atoms with Gasteiger partial charge in [0.25, 0.3) is 0 Å². The van der Waals surface area contributed by atoms with Crippen LogP contribution in [0.5, 0.6) is 0 Å².